The van der Waals surface area contributed by atoms with Gasteiger partial charge < -0.3 is 19.6 Å². The Morgan fingerprint density at radius 2 is 1.71 bits per heavy atom. The van der Waals surface area contributed by atoms with Crippen molar-refractivity contribution in [1.82, 2.24) is 29.9 Å². The summed E-state index contributed by atoms with van der Waals surface area (Å²) in [4.78, 5) is 33.4. The molecule has 2 atom stereocenters. The van der Waals surface area contributed by atoms with E-state index in [4.69, 9.17) is 14.9 Å². The lowest BCUT2D eigenvalue weighted by atomic mass is 10.1. The molecule has 0 radical (unpaired) electrons. The van der Waals surface area contributed by atoms with Crippen LogP contribution in [0.3, 0.4) is 0 Å². The number of H-pyrrole nitrogens is 2. The van der Waals surface area contributed by atoms with E-state index >= 15 is 0 Å². The number of fused-ring (bicyclic) bond motifs is 1. The van der Waals surface area contributed by atoms with Crippen LogP contribution in [0.15, 0.2) is 76.0 Å². The summed E-state index contributed by atoms with van der Waals surface area (Å²) in [5, 5.41) is 9.45. The monoisotopic (exact) mass is 576 g/mol. The Kier molecular flexibility index (Phi) is 6.16. The zero-order valence-electron chi connectivity index (χ0n) is 20.2. The van der Waals surface area contributed by atoms with Crippen LogP contribution in [0.5, 0.6) is 0 Å². The average molecular weight is 577 g/mol. The number of rotatable bonds is 6. The Labute approximate surface area is 224 Å². The summed E-state index contributed by atoms with van der Waals surface area (Å²) in [5.41, 5.74) is 4.45. The number of benzene rings is 3. The lowest BCUT2D eigenvalue weighted by Crippen LogP contribution is -2.32. The van der Waals surface area contributed by atoms with Crippen LogP contribution in [0.1, 0.15) is 24.4 Å². The number of halogens is 2. The van der Waals surface area contributed by atoms with Gasteiger partial charge >= 0.3 is 5.69 Å². The van der Waals surface area contributed by atoms with E-state index in [0.29, 0.717) is 35.4 Å². The molecular formula is C27H22BrFN6O3. The number of aromatic nitrogens is 5. The lowest BCUT2D eigenvalue weighted by Gasteiger charge is -2.22. The van der Waals surface area contributed by atoms with Crippen LogP contribution in [0.2, 0.25) is 0 Å². The number of carbonyl (C=O) groups is 1. The minimum atomic E-state index is -0.780. The van der Waals surface area contributed by atoms with Crippen molar-refractivity contribution in [1.29, 1.82) is 0 Å². The number of imidazole rings is 1. The number of hydrogen-bond acceptors (Lipinski definition) is 5. The summed E-state index contributed by atoms with van der Waals surface area (Å²) >= 11 is 3.44. The average Bonchev–Trinajstić information content (AvgIpc) is 3.58. The molecule has 2 aromatic heterocycles. The predicted octanol–water partition coefficient (Wildman–Crippen LogP) is 4.49. The molecule has 2 N–H and O–H groups in total. The molecule has 1 amide bonds. The van der Waals surface area contributed by atoms with E-state index in [0.717, 1.165) is 21.2 Å². The Morgan fingerprint density at radius 1 is 0.974 bits per heavy atom. The summed E-state index contributed by atoms with van der Waals surface area (Å²) in [6.07, 6.45) is -0.909. The van der Waals surface area contributed by atoms with Gasteiger partial charge in [-0.15, -0.1) is 10.2 Å². The highest BCUT2D eigenvalue weighted by Crippen LogP contribution is 2.36. The highest BCUT2D eigenvalue weighted by Gasteiger charge is 2.41. The molecule has 1 aliphatic heterocycles. The number of hydrogen-bond donors (Lipinski definition) is 2. The van der Waals surface area contributed by atoms with Crippen molar-refractivity contribution < 1.29 is 13.9 Å². The molecule has 1 fully saturated rings. The second kappa shape index (κ2) is 9.66. The van der Waals surface area contributed by atoms with E-state index in [9.17, 15) is 14.0 Å². The van der Waals surface area contributed by atoms with Gasteiger partial charge in [0.05, 0.1) is 16.7 Å². The molecular weight excluding hydrogens is 555 g/mol. The Hall–Kier alpha value is -4.09. The number of carbonyl (C=O) groups excluding carboxylic acids is 1. The van der Waals surface area contributed by atoms with Gasteiger partial charge in [0, 0.05) is 16.6 Å². The van der Waals surface area contributed by atoms with Crippen molar-refractivity contribution in [2.24, 2.45) is 0 Å². The summed E-state index contributed by atoms with van der Waals surface area (Å²) in [5.74, 6) is -0.520. The van der Waals surface area contributed by atoms with Crippen LogP contribution in [0.25, 0.3) is 28.0 Å². The summed E-state index contributed by atoms with van der Waals surface area (Å²) < 4.78 is 20.7. The maximum Gasteiger partial charge on any atom is 0.323 e. The molecule has 38 heavy (non-hydrogen) atoms. The van der Waals surface area contributed by atoms with Gasteiger partial charge in [-0.1, -0.05) is 22.0 Å². The van der Waals surface area contributed by atoms with E-state index in [1.54, 1.807) is 24.0 Å². The summed E-state index contributed by atoms with van der Waals surface area (Å²) in [6, 6.07) is 19.1. The molecule has 0 unspecified atom stereocenters. The van der Waals surface area contributed by atoms with Gasteiger partial charge in [-0.05, 0) is 79.6 Å². The third-order valence-corrected chi connectivity index (χ3v) is 7.05. The van der Waals surface area contributed by atoms with Gasteiger partial charge in [-0.2, -0.15) is 4.80 Å². The van der Waals surface area contributed by atoms with E-state index in [2.05, 4.69) is 25.9 Å². The van der Waals surface area contributed by atoms with Crippen molar-refractivity contribution in [2.45, 2.75) is 25.7 Å². The lowest BCUT2D eigenvalue weighted by molar-refractivity contribution is -0.130. The van der Waals surface area contributed by atoms with Crippen LogP contribution in [-0.2, 0) is 16.0 Å². The first-order valence-corrected chi connectivity index (χ1v) is 12.8. The molecule has 0 bridgehead atoms. The first-order valence-electron chi connectivity index (χ1n) is 12.0. The maximum absolute atomic E-state index is 13.7. The maximum atomic E-state index is 13.7. The second-order valence-electron chi connectivity index (χ2n) is 9.08. The number of nitrogens with one attached hydrogen (secondary N) is 2. The van der Waals surface area contributed by atoms with Crippen molar-refractivity contribution >= 4 is 32.9 Å². The smallest absolute Gasteiger partial charge is 0.323 e. The van der Waals surface area contributed by atoms with Crippen LogP contribution >= 0.6 is 15.9 Å². The van der Waals surface area contributed by atoms with E-state index in [1.807, 2.05) is 42.5 Å². The number of amides is 1. The molecule has 3 aromatic carbocycles. The predicted molar refractivity (Wildman–Crippen MR) is 142 cm³/mol. The van der Waals surface area contributed by atoms with Gasteiger partial charge in [-0.3, -0.25) is 4.79 Å². The fourth-order valence-electron chi connectivity index (χ4n) is 4.59. The normalized spacial score (nSPS) is 17.6. The zero-order chi connectivity index (χ0) is 26.4. The van der Waals surface area contributed by atoms with Crippen LogP contribution in [0, 0.1) is 5.82 Å². The van der Waals surface area contributed by atoms with E-state index < -0.39 is 12.3 Å². The molecule has 0 spiro atoms. The van der Waals surface area contributed by atoms with Gasteiger partial charge in [0.1, 0.15) is 23.3 Å². The minimum absolute atomic E-state index is 0.158. The molecule has 5 aromatic rings. The van der Waals surface area contributed by atoms with Crippen molar-refractivity contribution in [3.63, 3.8) is 0 Å². The SMILES string of the molecule is C[C@H]1O[C@@H](c2nn(-c3ccc(Br)cc3)nc2-c2ccc(F)cc2)N(CCc2ccc3[nH]c(=O)[nH]c3c2)C1=O. The molecule has 0 saturated carbocycles. The summed E-state index contributed by atoms with van der Waals surface area (Å²) in [6.45, 7) is 2.07. The summed E-state index contributed by atoms with van der Waals surface area (Å²) in [7, 11) is 0. The van der Waals surface area contributed by atoms with Crippen molar-refractivity contribution in [3.8, 4) is 16.9 Å². The number of ether oxygens (including phenoxy) is 1. The quantitative estimate of drug-likeness (QED) is 0.309. The second-order valence-corrected chi connectivity index (χ2v) is 9.99. The Balaban J connectivity index is 1.36. The largest absolute Gasteiger partial charge is 0.339 e. The third-order valence-electron chi connectivity index (χ3n) is 6.52. The van der Waals surface area contributed by atoms with Gasteiger partial charge in [0.2, 0.25) is 0 Å². The third kappa shape index (κ3) is 4.54. The van der Waals surface area contributed by atoms with Crippen LogP contribution in [0.4, 0.5) is 4.39 Å². The van der Waals surface area contributed by atoms with E-state index in [-0.39, 0.29) is 17.4 Å². The molecule has 3 heterocycles. The standard InChI is InChI=1S/C27H22BrFN6O3/c1-15-25(36)34(13-12-16-2-11-21-22(14-16)31-27(37)30-21)26(38-15)24-23(17-3-7-19(29)8-4-17)32-35(33-24)20-9-5-18(28)6-10-20/h2-11,14-15,26H,12-13H2,1H3,(H2,30,31,37)/t15-,26+/m1/s1. The minimum Gasteiger partial charge on any atom is -0.339 e. The topological polar surface area (TPSA) is 109 Å². The molecule has 6 rings (SSSR count). The highest BCUT2D eigenvalue weighted by atomic mass is 79.9. The molecule has 1 aliphatic rings. The van der Waals surface area contributed by atoms with Crippen LogP contribution in [-0.4, -0.2) is 48.4 Å². The highest BCUT2D eigenvalue weighted by molar-refractivity contribution is 9.10. The number of aromatic amines is 2. The molecule has 0 aliphatic carbocycles. The number of nitrogens with zero attached hydrogens (tertiary/aromatic N) is 4. The molecule has 9 nitrogen and oxygen atoms in total. The Morgan fingerprint density at radius 3 is 2.47 bits per heavy atom. The van der Waals surface area contributed by atoms with Gasteiger partial charge in [0.15, 0.2) is 6.23 Å². The zero-order valence-corrected chi connectivity index (χ0v) is 21.8. The fourth-order valence-corrected chi connectivity index (χ4v) is 4.85. The fraction of sp³-hybridized carbons (Fsp3) is 0.185. The van der Waals surface area contributed by atoms with E-state index in [1.165, 1.54) is 16.9 Å². The van der Waals surface area contributed by atoms with Crippen molar-refractivity contribution in [3.05, 3.63) is 98.8 Å². The first-order chi connectivity index (χ1) is 18.4. The molecule has 192 valence electrons. The first kappa shape index (κ1) is 24.3. The Bertz CT molecular complexity index is 1690. The van der Waals surface area contributed by atoms with Gasteiger partial charge in [0.25, 0.3) is 5.91 Å². The van der Waals surface area contributed by atoms with Gasteiger partial charge in [-0.25, -0.2) is 9.18 Å². The van der Waals surface area contributed by atoms with Crippen LogP contribution < -0.4 is 5.69 Å². The molecule has 1 saturated heterocycles. The molecule has 11 heteroatoms. The van der Waals surface area contributed by atoms with Crippen molar-refractivity contribution in [2.75, 3.05) is 6.54 Å².